The average Bonchev–Trinajstić information content (AvgIpc) is 2.37. The molecule has 1 amide bonds. The Hall–Kier alpha value is -1.62. The van der Waals surface area contributed by atoms with Crippen LogP contribution >= 0.6 is 0 Å². The van der Waals surface area contributed by atoms with Gasteiger partial charge in [0, 0.05) is 32.0 Å². The van der Waals surface area contributed by atoms with Crippen molar-refractivity contribution >= 4 is 11.6 Å². The molecule has 0 spiro atoms. The number of pyridine rings is 1. The van der Waals surface area contributed by atoms with Crippen molar-refractivity contribution in [1.29, 1.82) is 0 Å². The highest BCUT2D eigenvalue weighted by Gasteiger charge is 2.27. The van der Waals surface area contributed by atoms with Gasteiger partial charge in [-0.1, -0.05) is 0 Å². The first-order chi connectivity index (χ1) is 8.60. The van der Waals surface area contributed by atoms with Crippen molar-refractivity contribution in [3.05, 3.63) is 24.0 Å². The Balaban J connectivity index is 2.14. The van der Waals surface area contributed by atoms with E-state index in [-0.39, 0.29) is 18.1 Å². The Morgan fingerprint density at radius 2 is 2.11 bits per heavy atom. The SMILES string of the molecule is CNc1ccnc(C(=O)N2CC(C)OC(C)C2)c1. The molecule has 1 aromatic heterocycles. The topological polar surface area (TPSA) is 54.5 Å². The first-order valence-electron chi connectivity index (χ1n) is 6.18. The number of carbonyl (C=O) groups is 1. The maximum absolute atomic E-state index is 12.3. The number of aromatic nitrogens is 1. The number of hydrogen-bond donors (Lipinski definition) is 1. The van der Waals surface area contributed by atoms with Crippen LogP contribution in [0.3, 0.4) is 0 Å². The molecule has 5 heteroatoms. The number of hydrogen-bond acceptors (Lipinski definition) is 4. The van der Waals surface area contributed by atoms with Crippen molar-refractivity contribution in [3.8, 4) is 0 Å². The van der Waals surface area contributed by atoms with E-state index in [1.54, 1.807) is 17.2 Å². The fourth-order valence-corrected chi connectivity index (χ4v) is 2.21. The highest BCUT2D eigenvalue weighted by atomic mass is 16.5. The van der Waals surface area contributed by atoms with Gasteiger partial charge in [-0.25, -0.2) is 0 Å². The lowest BCUT2D eigenvalue weighted by Gasteiger charge is -2.35. The summed E-state index contributed by atoms with van der Waals surface area (Å²) in [4.78, 5) is 18.3. The molecule has 1 aliphatic rings. The Bertz CT molecular complexity index is 426. The number of carbonyl (C=O) groups excluding carboxylic acids is 1. The van der Waals surface area contributed by atoms with Crippen molar-refractivity contribution in [2.45, 2.75) is 26.1 Å². The molecule has 0 bridgehead atoms. The van der Waals surface area contributed by atoms with Crippen LogP contribution in [-0.4, -0.2) is 48.1 Å². The lowest BCUT2D eigenvalue weighted by molar-refractivity contribution is -0.0587. The first-order valence-corrected chi connectivity index (χ1v) is 6.18. The number of rotatable bonds is 2. The smallest absolute Gasteiger partial charge is 0.272 e. The van der Waals surface area contributed by atoms with E-state index in [1.807, 2.05) is 27.0 Å². The van der Waals surface area contributed by atoms with Crippen LogP contribution in [0.2, 0.25) is 0 Å². The number of nitrogens with one attached hydrogen (secondary N) is 1. The summed E-state index contributed by atoms with van der Waals surface area (Å²) in [5.41, 5.74) is 1.37. The normalized spacial score (nSPS) is 23.8. The molecule has 5 nitrogen and oxygen atoms in total. The standard InChI is InChI=1S/C13H19N3O2/c1-9-7-16(8-10(2)18-9)13(17)12-6-11(14-3)4-5-15-12/h4-6,9-10H,7-8H2,1-3H3,(H,14,15). The fraction of sp³-hybridized carbons (Fsp3) is 0.538. The Morgan fingerprint density at radius 3 is 2.72 bits per heavy atom. The molecule has 1 aliphatic heterocycles. The molecule has 2 unspecified atom stereocenters. The van der Waals surface area contributed by atoms with Crippen molar-refractivity contribution < 1.29 is 9.53 Å². The van der Waals surface area contributed by atoms with Gasteiger partial charge in [-0.15, -0.1) is 0 Å². The van der Waals surface area contributed by atoms with Gasteiger partial charge < -0.3 is 15.0 Å². The summed E-state index contributed by atoms with van der Waals surface area (Å²) in [6.45, 7) is 5.20. The number of ether oxygens (including phenoxy) is 1. The van der Waals surface area contributed by atoms with Gasteiger partial charge in [0.05, 0.1) is 12.2 Å². The van der Waals surface area contributed by atoms with Gasteiger partial charge >= 0.3 is 0 Å². The Morgan fingerprint density at radius 1 is 1.44 bits per heavy atom. The Kier molecular flexibility index (Phi) is 3.81. The molecular weight excluding hydrogens is 230 g/mol. The van der Waals surface area contributed by atoms with Crippen molar-refractivity contribution in [2.75, 3.05) is 25.5 Å². The fourth-order valence-electron chi connectivity index (χ4n) is 2.21. The summed E-state index contributed by atoms with van der Waals surface area (Å²) in [6, 6.07) is 3.61. The first kappa shape index (κ1) is 12.8. The Labute approximate surface area is 107 Å². The van der Waals surface area contributed by atoms with Crippen LogP contribution in [0.25, 0.3) is 0 Å². The van der Waals surface area contributed by atoms with Crippen molar-refractivity contribution in [1.82, 2.24) is 9.88 Å². The van der Waals surface area contributed by atoms with Gasteiger partial charge in [-0.2, -0.15) is 0 Å². The minimum absolute atomic E-state index is 0.0332. The van der Waals surface area contributed by atoms with E-state index in [4.69, 9.17) is 4.74 Å². The molecule has 2 heterocycles. The largest absolute Gasteiger partial charge is 0.388 e. The second-order valence-corrected chi connectivity index (χ2v) is 4.65. The van der Waals surface area contributed by atoms with E-state index in [9.17, 15) is 4.79 Å². The maximum Gasteiger partial charge on any atom is 0.272 e. The average molecular weight is 249 g/mol. The van der Waals surface area contributed by atoms with Crippen LogP contribution in [0.4, 0.5) is 5.69 Å². The van der Waals surface area contributed by atoms with Gasteiger partial charge in [0.2, 0.25) is 0 Å². The molecule has 1 fully saturated rings. The minimum Gasteiger partial charge on any atom is -0.388 e. The highest BCUT2D eigenvalue weighted by Crippen LogP contribution is 2.15. The van der Waals surface area contributed by atoms with Gasteiger partial charge in [0.1, 0.15) is 5.69 Å². The van der Waals surface area contributed by atoms with Gasteiger partial charge in [-0.3, -0.25) is 9.78 Å². The van der Waals surface area contributed by atoms with E-state index >= 15 is 0 Å². The van der Waals surface area contributed by atoms with E-state index in [1.165, 1.54) is 0 Å². The third-order valence-electron chi connectivity index (χ3n) is 2.97. The summed E-state index contributed by atoms with van der Waals surface area (Å²) < 4.78 is 5.62. The number of amides is 1. The summed E-state index contributed by atoms with van der Waals surface area (Å²) in [6.07, 6.45) is 1.79. The molecule has 0 aromatic carbocycles. The molecule has 1 N–H and O–H groups in total. The summed E-state index contributed by atoms with van der Waals surface area (Å²) in [5.74, 6) is -0.0332. The van der Waals surface area contributed by atoms with Crippen LogP contribution < -0.4 is 5.32 Å². The molecule has 0 radical (unpaired) electrons. The molecule has 2 atom stereocenters. The maximum atomic E-state index is 12.3. The number of morpholine rings is 1. The summed E-state index contributed by atoms with van der Waals surface area (Å²) in [7, 11) is 1.82. The van der Waals surface area contributed by atoms with Gasteiger partial charge in [0.15, 0.2) is 0 Å². The molecular formula is C13H19N3O2. The van der Waals surface area contributed by atoms with Crippen LogP contribution in [0.1, 0.15) is 24.3 Å². The molecule has 0 saturated carbocycles. The van der Waals surface area contributed by atoms with E-state index in [0.29, 0.717) is 18.8 Å². The number of anilines is 1. The van der Waals surface area contributed by atoms with E-state index < -0.39 is 0 Å². The van der Waals surface area contributed by atoms with Gasteiger partial charge in [0.25, 0.3) is 5.91 Å². The van der Waals surface area contributed by atoms with Gasteiger partial charge in [-0.05, 0) is 26.0 Å². The van der Waals surface area contributed by atoms with E-state index in [0.717, 1.165) is 5.69 Å². The summed E-state index contributed by atoms with van der Waals surface area (Å²) >= 11 is 0. The molecule has 1 saturated heterocycles. The number of nitrogens with zero attached hydrogens (tertiary/aromatic N) is 2. The zero-order valence-corrected chi connectivity index (χ0v) is 11.0. The molecule has 98 valence electrons. The second kappa shape index (κ2) is 5.35. The highest BCUT2D eigenvalue weighted by molar-refractivity contribution is 5.93. The lowest BCUT2D eigenvalue weighted by Crippen LogP contribution is -2.48. The quantitative estimate of drug-likeness (QED) is 0.860. The zero-order valence-electron chi connectivity index (χ0n) is 11.0. The van der Waals surface area contributed by atoms with Crippen LogP contribution in [0.15, 0.2) is 18.3 Å². The second-order valence-electron chi connectivity index (χ2n) is 4.65. The zero-order chi connectivity index (χ0) is 13.1. The molecule has 18 heavy (non-hydrogen) atoms. The third-order valence-corrected chi connectivity index (χ3v) is 2.97. The van der Waals surface area contributed by atoms with Crippen LogP contribution in [0.5, 0.6) is 0 Å². The molecule has 2 rings (SSSR count). The predicted octanol–water partition coefficient (Wildman–Crippen LogP) is 1.37. The molecule has 1 aromatic rings. The minimum atomic E-state index is -0.0332. The molecule has 0 aliphatic carbocycles. The lowest BCUT2D eigenvalue weighted by atomic mass is 10.2. The van der Waals surface area contributed by atoms with Crippen molar-refractivity contribution in [2.24, 2.45) is 0 Å². The predicted molar refractivity (Wildman–Crippen MR) is 69.7 cm³/mol. The third kappa shape index (κ3) is 2.79. The van der Waals surface area contributed by atoms with Crippen LogP contribution in [-0.2, 0) is 4.74 Å². The van der Waals surface area contributed by atoms with E-state index in [2.05, 4.69) is 10.3 Å². The van der Waals surface area contributed by atoms with Crippen molar-refractivity contribution in [3.63, 3.8) is 0 Å². The summed E-state index contributed by atoms with van der Waals surface area (Å²) in [5, 5.41) is 3.01. The monoisotopic (exact) mass is 249 g/mol. The van der Waals surface area contributed by atoms with Crippen LogP contribution in [0, 0.1) is 0 Å².